The minimum Gasteiger partial charge on any atom is -0.331 e. The number of aromatic amines is 1. The highest BCUT2D eigenvalue weighted by molar-refractivity contribution is 7.16. The van der Waals surface area contributed by atoms with Crippen molar-refractivity contribution in [1.29, 1.82) is 0 Å². The molecule has 2 heterocycles. The molecule has 5 nitrogen and oxygen atoms in total. The number of amides is 1. The van der Waals surface area contributed by atoms with Crippen LogP contribution in [0.25, 0.3) is 0 Å². The summed E-state index contributed by atoms with van der Waals surface area (Å²) in [7, 11) is 0. The van der Waals surface area contributed by atoms with Gasteiger partial charge in [0.25, 0.3) is 5.91 Å². The summed E-state index contributed by atoms with van der Waals surface area (Å²) in [5.74, 6) is 1.43. The van der Waals surface area contributed by atoms with Gasteiger partial charge in [0.2, 0.25) is 5.82 Å². The van der Waals surface area contributed by atoms with Crippen molar-refractivity contribution in [2.45, 2.75) is 32.2 Å². The van der Waals surface area contributed by atoms with Crippen LogP contribution in [0.15, 0.2) is 12.1 Å². The van der Waals surface area contributed by atoms with Crippen LogP contribution >= 0.6 is 22.9 Å². The van der Waals surface area contributed by atoms with Gasteiger partial charge in [-0.25, -0.2) is 4.98 Å². The van der Waals surface area contributed by atoms with E-state index in [1.54, 1.807) is 4.90 Å². The molecule has 0 unspecified atom stereocenters. The van der Waals surface area contributed by atoms with Crippen molar-refractivity contribution >= 4 is 28.8 Å². The van der Waals surface area contributed by atoms with E-state index < -0.39 is 0 Å². The summed E-state index contributed by atoms with van der Waals surface area (Å²) in [5.41, 5.74) is 0. The van der Waals surface area contributed by atoms with Crippen LogP contribution in [0.3, 0.4) is 0 Å². The first kappa shape index (κ1) is 13.6. The highest BCUT2D eigenvalue weighted by Gasteiger charge is 2.29. The van der Waals surface area contributed by atoms with E-state index in [9.17, 15) is 4.79 Å². The van der Waals surface area contributed by atoms with Crippen molar-refractivity contribution in [3.8, 4) is 0 Å². The van der Waals surface area contributed by atoms with E-state index in [4.69, 9.17) is 11.6 Å². The van der Waals surface area contributed by atoms with Gasteiger partial charge < -0.3 is 4.90 Å². The zero-order chi connectivity index (χ0) is 14.1. The van der Waals surface area contributed by atoms with Gasteiger partial charge in [-0.1, -0.05) is 11.6 Å². The third-order valence-corrected chi connectivity index (χ3v) is 4.52. The molecule has 20 heavy (non-hydrogen) atoms. The predicted octanol–water partition coefficient (Wildman–Crippen LogP) is 3.06. The van der Waals surface area contributed by atoms with Crippen LogP contribution in [0.2, 0.25) is 4.34 Å². The third-order valence-electron chi connectivity index (χ3n) is 3.30. The fourth-order valence-electron chi connectivity index (χ4n) is 2.00. The molecular weight excluding hydrogens is 296 g/mol. The zero-order valence-corrected chi connectivity index (χ0v) is 12.7. The average molecular weight is 311 g/mol. The molecule has 1 fully saturated rings. The second kappa shape index (κ2) is 5.54. The van der Waals surface area contributed by atoms with Gasteiger partial charge in [-0.05, 0) is 31.9 Å². The Morgan fingerprint density at radius 1 is 1.55 bits per heavy atom. The fourth-order valence-corrected chi connectivity index (χ4v) is 3.11. The quantitative estimate of drug-likeness (QED) is 0.923. The van der Waals surface area contributed by atoms with Crippen molar-refractivity contribution in [3.05, 3.63) is 33.0 Å². The summed E-state index contributed by atoms with van der Waals surface area (Å²) >= 11 is 7.40. The van der Waals surface area contributed by atoms with E-state index in [0.29, 0.717) is 19.0 Å². The summed E-state index contributed by atoms with van der Waals surface area (Å²) in [4.78, 5) is 19.5. The Hall–Kier alpha value is -1.40. The van der Waals surface area contributed by atoms with Crippen LogP contribution in [0.1, 0.15) is 47.0 Å². The van der Waals surface area contributed by atoms with Crippen LogP contribution < -0.4 is 0 Å². The molecule has 0 saturated heterocycles. The maximum atomic E-state index is 12.4. The van der Waals surface area contributed by atoms with Gasteiger partial charge in [-0.2, -0.15) is 0 Å². The molecule has 1 N–H and O–H groups in total. The molecule has 1 aliphatic rings. The van der Waals surface area contributed by atoms with E-state index in [1.807, 2.05) is 19.1 Å². The second-order valence-electron chi connectivity index (χ2n) is 4.84. The Morgan fingerprint density at radius 2 is 2.35 bits per heavy atom. The smallest absolute Gasteiger partial charge is 0.293 e. The monoisotopic (exact) mass is 310 g/mol. The molecule has 0 atom stereocenters. The van der Waals surface area contributed by atoms with E-state index in [-0.39, 0.29) is 11.7 Å². The van der Waals surface area contributed by atoms with Gasteiger partial charge in [0.05, 0.1) is 10.9 Å². The fraction of sp³-hybridized carbons (Fsp3) is 0.462. The number of carbonyl (C=O) groups is 1. The summed E-state index contributed by atoms with van der Waals surface area (Å²) in [6, 6.07) is 3.79. The SMILES string of the molecule is CCN(Cc1ccc(Cl)s1)C(=O)c1n[nH]c(C2CC2)n1. The van der Waals surface area contributed by atoms with Gasteiger partial charge >= 0.3 is 0 Å². The molecule has 0 aromatic carbocycles. The molecule has 2 aromatic rings. The maximum Gasteiger partial charge on any atom is 0.293 e. The average Bonchev–Trinajstić information content (AvgIpc) is 3.03. The number of aromatic nitrogens is 3. The molecule has 0 aliphatic heterocycles. The Kier molecular flexibility index (Phi) is 3.76. The number of carbonyl (C=O) groups excluding carboxylic acids is 1. The second-order valence-corrected chi connectivity index (χ2v) is 6.64. The van der Waals surface area contributed by atoms with Crippen LogP contribution in [-0.4, -0.2) is 32.5 Å². The highest BCUT2D eigenvalue weighted by atomic mass is 35.5. The van der Waals surface area contributed by atoms with Gasteiger partial charge in [-0.3, -0.25) is 9.89 Å². The molecule has 1 saturated carbocycles. The number of H-pyrrole nitrogens is 1. The Balaban J connectivity index is 1.72. The van der Waals surface area contributed by atoms with Crippen molar-refractivity contribution in [1.82, 2.24) is 20.1 Å². The topological polar surface area (TPSA) is 61.9 Å². The lowest BCUT2D eigenvalue weighted by atomic mass is 10.3. The lowest BCUT2D eigenvalue weighted by Crippen LogP contribution is -2.30. The normalized spacial score (nSPS) is 14.5. The molecule has 3 rings (SSSR count). The number of halogens is 1. The van der Waals surface area contributed by atoms with Gasteiger partial charge in [-0.15, -0.1) is 16.4 Å². The van der Waals surface area contributed by atoms with Crippen LogP contribution in [-0.2, 0) is 6.54 Å². The molecule has 1 aliphatic carbocycles. The first-order valence-electron chi connectivity index (χ1n) is 6.63. The Labute approximate surface area is 126 Å². The molecule has 0 bridgehead atoms. The minimum atomic E-state index is -0.139. The number of hydrogen-bond acceptors (Lipinski definition) is 4. The highest BCUT2D eigenvalue weighted by Crippen LogP contribution is 2.37. The van der Waals surface area contributed by atoms with Crippen LogP contribution in [0, 0.1) is 0 Å². The first-order valence-corrected chi connectivity index (χ1v) is 7.82. The molecule has 0 radical (unpaired) electrons. The van der Waals surface area contributed by atoms with Crippen LogP contribution in [0.4, 0.5) is 0 Å². The van der Waals surface area contributed by atoms with Crippen molar-refractivity contribution in [2.24, 2.45) is 0 Å². The third kappa shape index (κ3) is 2.86. The molecular formula is C13H15ClN4OS. The Morgan fingerprint density at radius 3 is 2.95 bits per heavy atom. The van der Waals surface area contributed by atoms with E-state index in [2.05, 4.69) is 15.2 Å². The number of nitrogens with zero attached hydrogens (tertiary/aromatic N) is 3. The molecule has 7 heteroatoms. The van der Waals surface area contributed by atoms with Crippen molar-refractivity contribution < 1.29 is 4.79 Å². The van der Waals surface area contributed by atoms with Gasteiger partial charge in [0, 0.05) is 17.3 Å². The van der Waals surface area contributed by atoms with Gasteiger partial charge in [0.1, 0.15) is 5.82 Å². The van der Waals surface area contributed by atoms with Gasteiger partial charge in [0.15, 0.2) is 0 Å². The summed E-state index contributed by atoms with van der Waals surface area (Å²) < 4.78 is 0.734. The number of nitrogens with one attached hydrogen (secondary N) is 1. The van der Waals surface area contributed by atoms with E-state index in [0.717, 1.165) is 27.9 Å². The number of rotatable bonds is 5. The van der Waals surface area contributed by atoms with E-state index >= 15 is 0 Å². The lowest BCUT2D eigenvalue weighted by molar-refractivity contribution is 0.0742. The van der Waals surface area contributed by atoms with Crippen molar-refractivity contribution in [3.63, 3.8) is 0 Å². The summed E-state index contributed by atoms with van der Waals surface area (Å²) in [6.07, 6.45) is 2.27. The lowest BCUT2D eigenvalue weighted by Gasteiger charge is -2.18. The maximum absolute atomic E-state index is 12.4. The zero-order valence-electron chi connectivity index (χ0n) is 11.1. The Bertz CT molecular complexity index is 619. The van der Waals surface area contributed by atoms with Crippen LogP contribution in [0.5, 0.6) is 0 Å². The molecule has 1 amide bonds. The number of hydrogen-bond donors (Lipinski definition) is 1. The minimum absolute atomic E-state index is 0.139. The predicted molar refractivity (Wildman–Crippen MR) is 78.1 cm³/mol. The van der Waals surface area contributed by atoms with Crippen molar-refractivity contribution in [2.75, 3.05) is 6.54 Å². The summed E-state index contributed by atoms with van der Waals surface area (Å²) in [6.45, 7) is 3.10. The molecule has 0 spiro atoms. The van der Waals surface area contributed by atoms with E-state index in [1.165, 1.54) is 11.3 Å². The largest absolute Gasteiger partial charge is 0.331 e. The standard InChI is InChI=1S/C13H15ClN4OS/c1-2-18(7-9-5-6-10(14)20-9)13(19)12-15-11(16-17-12)8-3-4-8/h5-6,8H,2-4,7H2,1H3,(H,15,16,17). The first-order chi connectivity index (χ1) is 9.67. The molecule has 2 aromatic heterocycles. The molecule has 106 valence electrons. The summed E-state index contributed by atoms with van der Waals surface area (Å²) in [5, 5.41) is 6.91. The number of thiophene rings is 1.